The van der Waals surface area contributed by atoms with Gasteiger partial charge >= 0.3 is 0 Å². The second kappa shape index (κ2) is 7.19. The van der Waals surface area contributed by atoms with Crippen LogP contribution < -0.4 is 5.32 Å². The van der Waals surface area contributed by atoms with Gasteiger partial charge in [0.25, 0.3) is 5.91 Å². The standard InChI is InChI=1S/C16H20ClN3O4/c1-9(21)20-8-11(22)7-14(20)15(23)18-10-4-5-13(17)12(6-10)16(24)19(2)3/h4-6,11,14,22H,7-8H2,1-3H3,(H,18,23)/t11-,14+/m0/s1. The van der Waals surface area contributed by atoms with E-state index < -0.39 is 18.1 Å². The molecule has 3 amide bonds. The molecule has 130 valence electrons. The molecule has 0 bridgehead atoms. The maximum atomic E-state index is 12.4. The van der Waals surface area contributed by atoms with Crippen molar-refractivity contribution in [2.75, 3.05) is 26.0 Å². The van der Waals surface area contributed by atoms with Gasteiger partial charge in [-0.15, -0.1) is 0 Å². The number of aliphatic hydroxyl groups excluding tert-OH is 1. The first-order valence-corrected chi connectivity index (χ1v) is 7.86. The zero-order valence-electron chi connectivity index (χ0n) is 13.7. The van der Waals surface area contributed by atoms with Gasteiger partial charge in [0.05, 0.1) is 16.7 Å². The monoisotopic (exact) mass is 353 g/mol. The molecule has 7 nitrogen and oxygen atoms in total. The fraction of sp³-hybridized carbons (Fsp3) is 0.438. The fourth-order valence-corrected chi connectivity index (χ4v) is 2.84. The van der Waals surface area contributed by atoms with Gasteiger partial charge < -0.3 is 20.2 Å². The van der Waals surface area contributed by atoms with Gasteiger partial charge in [-0.25, -0.2) is 0 Å². The summed E-state index contributed by atoms with van der Waals surface area (Å²) in [5.41, 5.74) is 0.675. The van der Waals surface area contributed by atoms with E-state index in [0.29, 0.717) is 5.69 Å². The number of likely N-dealkylation sites (tertiary alicyclic amines) is 1. The summed E-state index contributed by atoms with van der Waals surface area (Å²) in [5, 5.41) is 12.7. The van der Waals surface area contributed by atoms with Crippen molar-refractivity contribution in [3.05, 3.63) is 28.8 Å². The van der Waals surface area contributed by atoms with Crippen molar-refractivity contribution < 1.29 is 19.5 Å². The highest BCUT2D eigenvalue weighted by Crippen LogP contribution is 2.24. The minimum atomic E-state index is -0.735. The molecule has 1 aromatic rings. The molecule has 1 aliphatic heterocycles. The summed E-state index contributed by atoms with van der Waals surface area (Å²) in [6, 6.07) is 3.86. The molecule has 0 aliphatic carbocycles. The summed E-state index contributed by atoms with van der Waals surface area (Å²) in [4.78, 5) is 38.8. The van der Waals surface area contributed by atoms with Gasteiger partial charge in [0, 0.05) is 39.7 Å². The quantitative estimate of drug-likeness (QED) is 0.847. The van der Waals surface area contributed by atoms with E-state index >= 15 is 0 Å². The predicted octanol–water partition coefficient (Wildman–Crippen LogP) is 0.962. The number of carbonyl (C=O) groups is 3. The average Bonchev–Trinajstić information content (AvgIpc) is 2.90. The van der Waals surface area contributed by atoms with Gasteiger partial charge in [0.1, 0.15) is 6.04 Å². The molecule has 2 atom stereocenters. The Morgan fingerprint density at radius 2 is 2.00 bits per heavy atom. The van der Waals surface area contributed by atoms with Gasteiger partial charge in [-0.3, -0.25) is 14.4 Å². The lowest BCUT2D eigenvalue weighted by molar-refractivity contribution is -0.134. The van der Waals surface area contributed by atoms with Crippen molar-refractivity contribution in [2.24, 2.45) is 0 Å². The van der Waals surface area contributed by atoms with E-state index in [-0.39, 0.29) is 35.4 Å². The van der Waals surface area contributed by atoms with E-state index in [4.69, 9.17) is 11.6 Å². The second-order valence-electron chi connectivity index (χ2n) is 5.96. The van der Waals surface area contributed by atoms with E-state index in [9.17, 15) is 19.5 Å². The molecule has 1 aromatic carbocycles. The van der Waals surface area contributed by atoms with E-state index in [0.717, 1.165) is 0 Å². The maximum absolute atomic E-state index is 12.4. The Bertz CT molecular complexity index is 677. The van der Waals surface area contributed by atoms with Crippen LogP contribution in [0.4, 0.5) is 5.69 Å². The number of hydrogen-bond donors (Lipinski definition) is 2. The van der Waals surface area contributed by atoms with Crippen LogP contribution in [-0.4, -0.2) is 65.4 Å². The van der Waals surface area contributed by atoms with Gasteiger partial charge in [-0.1, -0.05) is 11.6 Å². The van der Waals surface area contributed by atoms with Crippen molar-refractivity contribution in [2.45, 2.75) is 25.5 Å². The van der Waals surface area contributed by atoms with E-state index in [2.05, 4.69) is 5.32 Å². The van der Waals surface area contributed by atoms with Gasteiger partial charge in [-0.05, 0) is 18.2 Å². The number of rotatable bonds is 3. The Balaban J connectivity index is 2.19. The van der Waals surface area contributed by atoms with Crippen LogP contribution in [0.5, 0.6) is 0 Å². The molecule has 0 radical (unpaired) electrons. The molecule has 0 spiro atoms. The number of benzene rings is 1. The van der Waals surface area contributed by atoms with Gasteiger partial charge in [-0.2, -0.15) is 0 Å². The number of nitrogens with zero attached hydrogens (tertiary/aromatic N) is 2. The van der Waals surface area contributed by atoms with Crippen LogP contribution in [0.25, 0.3) is 0 Å². The molecule has 1 fully saturated rings. The molecule has 2 N–H and O–H groups in total. The summed E-state index contributed by atoms with van der Waals surface area (Å²) in [6.07, 6.45) is -0.539. The largest absolute Gasteiger partial charge is 0.391 e. The van der Waals surface area contributed by atoms with Crippen molar-refractivity contribution in [1.82, 2.24) is 9.80 Å². The van der Waals surface area contributed by atoms with Crippen molar-refractivity contribution >= 4 is 35.0 Å². The topological polar surface area (TPSA) is 90.0 Å². The van der Waals surface area contributed by atoms with Crippen LogP contribution >= 0.6 is 11.6 Å². The van der Waals surface area contributed by atoms with Crippen LogP contribution in [0, 0.1) is 0 Å². The third kappa shape index (κ3) is 3.85. The Morgan fingerprint density at radius 1 is 1.33 bits per heavy atom. The summed E-state index contributed by atoms with van der Waals surface area (Å²) in [5.74, 6) is -0.962. The zero-order valence-corrected chi connectivity index (χ0v) is 14.5. The number of β-amino-alcohol motifs (C(OH)–C–C–N with tert-alkyl or cyclic N) is 1. The highest BCUT2D eigenvalue weighted by molar-refractivity contribution is 6.34. The minimum Gasteiger partial charge on any atom is -0.391 e. The number of anilines is 1. The van der Waals surface area contributed by atoms with Crippen LogP contribution in [0.3, 0.4) is 0 Å². The summed E-state index contributed by atoms with van der Waals surface area (Å²) < 4.78 is 0. The Kier molecular flexibility index (Phi) is 5.46. The van der Waals surface area contributed by atoms with Crippen molar-refractivity contribution in [3.8, 4) is 0 Å². The first-order valence-electron chi connectivity index (χ1n) is 7.48. The van der Waals surface area contributed by atoms with E-state index in [1.165, 1.54) is 28.9 Å². The molecule has 2 rings (SSSR count). The van der Waals surface area contributed by atoms with E-state index in [1.54, 1.807) is 20.2 Å². The average molecular weight is 354 g/mol. The number of carbonyl (C=O) groups excluding carboxylic acids is 3. The fourth-order valence-electron chi connectivity index (χ4n) is 2.64. The smallest absolute Gasteiger partial charge is 0.254 e. The van der Waals surface area contributed by atoms with E-state index in [1.807, 2.05) is 0 Å². The zero-order chi connectivity index (χ0) is 18.0. The Hall–Kier alpha value is -2.12. The third-order valence-electron chi connectivity index (χ3n) is 3.86. The summed E-state index contributed by atoms with van der Waals surface area (Å²) in [7, 11) is 3.21. The molecule has 0 unspecified atom stereocenters. The maximum Gasteiger partial charge on any atom is 0.254 e. The SMILES string of the molecule is CC(=O)N1C[C@@H](O)C[C@@H]1C(=O)Nc1ccc(Cl)c(C(=O)N(C)C)c1. The normalized spacial score (nSPS) is 20.0. The van der Waals surface area contributed by atoms with Crippen molar-refractivity contribution in [3.63, 3.8) is 0 Å². The number of halogens is 1. The number of nitrogens with one attached hydrogen (secondary N) is 1. The molecule has 8 heteroatoms. The van der Waals surface area contributed by atoms with Crippen LogP contribution in [-0.2, 0) is 9.59 Å². The highest BCUT2D eigenvalue weighted by Gasteiger charge is 2.37. The summed E-state index contributed by atoms with van der Waals surface area (Å²) >= 11 is 6.04. The first-order chi connectivity index (χ1) is 11.2. The molecular weight excluding hydrogens is 334 g/mol. The van der Waals surface area contributed by atoms with Crippen molar-refractivity contribution in [1.29, 1.82) is 0 Å². The number of amides is 3. The number of aliphatic hydroxyl groups is 1. The Morgan fingerprint density at radius 3 is 2.58 bits per heavy atom. The van der Waals surface area contributed by atoms with Gasteiger partial charge in [0.15, 0.2) is 0 Å². The lowest BCUT2D eigenvalue weighted by Crippen LogP contribution is -2.42. The second-order valence-corrected chi connectivity index (χ2v) is 6.37. The lowest BCUT2D eigenvalue weighted by atomic mass is 10.1. The molecule has 0 saturated carbocycles. The molecule has 1 heterocycles. The van der Waals surface area contributed by atoms with Crippen LogP contribution in [0.15, 0.2) is 18.2 Å². The Labute approximate surface area is 145 Å². The summed E-state index contributed by atoms with van der Waals surface area (Å²) in [6.45, 7) is 1.49. The minimum absolute atomic E-state index is 0.137. The van der Waals surface area contributed by atoms with Crippen LogP contribution in [0.1, 0.15) is 23.7 Å². The first kappa shape index (κ1) is 18.2. The lowest BCUT2D eigenvalue weighted by Gasteiger charge is -2.22. The molecular formula is C16H20ClN3O4. The predicted molar refractivity (Wildman–Crippen MR) is 89.9 cm³/mol. The third-order valence-corrected chi connectivity index (χ3v) is 4.19. The molecule has 24 heavy (non-hydrogen) atoms. The highest BCUT2D eigenvalue weighted by atomic mass is 35.5. The van der Waals surface area contributed by atoms with Crippen LogP contribution in [0.2, 0.25) is 5.02 Å². The molecule has 1 aliphatic rings. The number of hydrogen-bond acceptors (Lipinski definition) is 4. The molecule has 0 aromatic heterocycles. The van der Waals surface area contributed by atoms with Gasteiger partial charge in [0.2, 0.25) is 11.8 Å². The molecule has 1 saturated heterocycles.